The summed E-state index contributed by atoms with van der Waals surface area (Å²) in [6.45, 7) is 0. The third-order valence-corrected chi connectivity index (χ3v) is 2.69. The number of imide groups is 1. The molecule has 3 amide bonds. The van der Waals surface area contributed by atoms with Crippen molar-refractivity contribution in [3.05, 3.63) is 24.3 Å². The van der Waals surface area contributed by atoms with Crippen molar-refractivity contribution >= 4 is 34.8 Å². The predicted octanol–water partition coefficient (Wildman–Crippen LogP) is 1.11. The van der Waals surface area contributed by atoms with Crippen LogP contribution in [-0.2, 0) is 4.79 Å². The molecule has 7 heteroatoms. The number of rotatable bonds is 3. The van der Waals surface area contributed by atoms with Crippen LogP contribution >= 0.6 is 11.8 Å². The first kappa shape index (κ1) is 11.5. The summed E-state index contributed by atoms with van der Waals surface area (Å²) in [7, 11) is 0. The van der Waals surface area contributed by atoms with E-state index >= 15 is 0 Å². The molecule has 0 bridgehead atoms. The minimum Gasteiger partial charge on any atom is -0.431 e. The fourth-order valence-corrected chi connectivity index (χ4v) is 1.85. The number of benzene rings is 1. The van der Waals surface area contributed by atoms with Gasteiger partial charge < -0.3 is 10.2 Å². The maximum atomic E-state index is 11.1. The number of hydrogen-bond donors (Lipinski definition) is 2. The van der Waals surface area contributed by atoms with E-state index in [9.17, 15) is 9.59 Å². The van der Waals surface area contributed by atoms with Crippen LogP contribution in [0.3, 0.4) is 0 Å². The van der Waals surface area contributed by atoms with E-state index < -0.39 is 11.9 Å². The Morgan fingerprint density at radius 1 is 1.41 bits per heavy atom. The zero-order valence-corrected chi connectivity index (χ0v) is 9.49. The van der Waals surface area contributed by atoms with Gasteiger partial charge in [0.1, 0.15) is 5.52 Å². The predicted molar refractivity (Wildman–Crippen MR) is 62.5 cm³/mol. The first-order chi connectivity index (χ1) is 8.15. The van der Waals surface area contributed by atoms with Crippen LogP contribution in [0, 0.1) is 0 Å². The summed E-state index contributed by atoms with van der Waals surface area (Å²) in [6, 6.07) is 6.41. The van der Waals surface area contributed by atoms with Crippen molar-refractivity contribution in [2.75, 3.05) is 5.75 Å². The highest BCUT2D eigenvalue weighted by Crippen LogP contribution is 2.22. The van der Waals surface area contributed by atoms with Crippen LogP contribution < -0.4 is 11.1 Å². The van der Waals surface area contributed by atoms with Gasteiger partial charge in [0.2, 0.25) is 5.91 Å². The Labute approximate surface area is 101 Å². The number of amides is 3. The lowest BCUT2D eigenvalue weighted by atomic mass is 10.3. The first-order valence-electron chi connectivity index (χ1n) is 4.73. The van der Waals surface area contributed by atoms with E-state index in [-0.39, 0.29) is 5.75 Å². The number of oxazole rings is 1. The van der Waals surface area contributed by atoms with Gasteiger partial charge in [-0.05, 0) is 12.1 Å². The van der Waals surface area contributed by atoms with Crippen LogP contribution in [0.5, 0.6) is 0 Å². The molecule has 1 aromatic heterocycles. The molecule has 0 radical (unpaired) electrons. The second-order valence-corrected chi connectivity index (χ2v) is 4.08. The third kappa shape index (κ3) is 2.97. The van der Waals surface area contributed by atoms with Crippen LogP contribution in [-0.4, -0.2) is 22.7 Å². The number of nitrogens with zero attached hydrogens (tertiary/aromatic N) is 1. The highest BCUT2D eigenvalue weighted by Gasteiger charge is 2.09. The third-order valence-electron chi connectivity index (χ3n) is 1.86. The Morgan fingerprint density at radius 2 is 2.18 bits per heavy atom. The van der Waals surface area contributed by atoms with Crippen molar-refractivity contribution < 1.29 is 14.0 Å². The second-order valence-electron chi connectivity index (χ2n) is 3.15. The van der Waals surface area contributed by atoms with Crippen LogP contribution in [0.4, 0.5) is 4.79 Å². The fraction of sp³-hybridized carbons (Fsp3) is 0.100. The van der Waals surface area contributed by atoms with Crippen LogP contribution in [0.2, 0.25) is 0 Å². The molecule has 6 nitrogen and oxygen atoms in total. The average Bonchev–Trinajstić information content (AvgIpc) is 2.68. The highest BCUT2D eigenvalue weighted by molar-refractivity contribution is 7.99. The molecule has 0 saturated heterocycles. The van der Waals surface area contributed by atoms with Crippen LogP contribution in [0.1, 0.15) is 0 Å². The van der Waals surface area contributed by atoms with Gasteiger partial charge in [-0.25, -0.2) is 9.78 Å². The summed E-state index contributed by atoms with van der Waals surface area (Å²) >= 11 is 1.10. The summed E-state index contributed by atoms with van der Waals surface area (Å²) in [4.78, 5) is 25.7. The van der Waals surface area contributed by atoms with Gasteiger partial charge in [0.05, 0.1) is 5.75 Å². The number of urea groups is 1. The number of aromatic nitrogens is 1. The van der Waals surface area contributed by atoms with Crippen molar-refractivity contribution in [2.24, 2.45) is 5.73 Å². The van der Waals surface area contributed by atoms with Crippen molar-refractivity contribution in [3.63, 3.8) is 0 Å². The Kier molecular flexibility index (Phi) is 3.29. The van der Waals surface area contributed by atoms with Crippen molar-refractivity contribution in [2.45, 2.75) is 5.22 Å². The lowest BCUT2D eigenvalue weighted by molar-refractivity contribution is -0.117. The van der Waals surface area contributed by atoms with Crippen LogP contribution in [0.15, 0.2) is 33.9 Å². The highest BCUT2D eigenvalue weighted by atomic mass is 32.2. The lowest BCUT2D eigenvalue weighted by Gasteiger charge is -1.97. The molecule has 0 saturated carbocycles. The number of primary amides is 1. The number of thioether (sulfide) groups is 1. The molecule has 0 aliphatic carbocycles. The second kappa shape index (κ2) is 4.88. The van der Waals surface area contributed by atoms with Gasteiger partial charge in [0.15, 0.2) is 5.58 Å². The number of nitrogens with one attached hydrogen (secondary N) is 1. The molecule has 2 rings (SSSR count). The van der Waals surface area contributed by atoms with Crippen LogP contribution in [0.25, 0.3) is 11.1 Å². The number of carbonyl (C=O) groups excluding carboxylic acids is 2. The average molecular weight is 251 g/mol. The topological polar surface area (TPSA) is 98.2 Å². The van der Waals surface area contributed by atoms with Gasteiger partial charge in [0, 0.05) is 0 Å². The van der Waals surface area contributed by atoms with E-state index in [4.69, 9.17) is 10.2 Å². The Balaban J connectivity index is 1.99. The van der Waals surface area contributed by atoms with Gasteiger partial charge in [-0.2, -0.15) is 0 Å². The maximum absolute atomic E-state index is 11.1. The SMILES string of the molecule is NC(=O)NC(=O)CSc1nc2ccccc2o1. The number of para-hydroxylation sites is 2. The van der Waals surface area contributed by atoms with Gasteiger partial charge in [-0.15, -0.1) is 0 Å². The number of hydrogen-bond acceptors (Lipinski definition) is 5. The van der Waals surface area contributed by atoms with Crippen molar-refractivity contribution in [1.82, 2.24) is 10.3 Å². The van der Waals surface area contributed by atoms with Gasteiger partial charge in [-0.1, -0.05) is 23.9 Å². The zero-order valence-electron chi connectivity index (χ0n) is 8.67. The molecule has 1 aromatic carbocycles. The molecule has 88 valence electrons. The smallest absolute Gasteiger partial charge is 0.318 e. The molecule has 0 aliphatic rings. The quantitative estimate of drug-likeness (QED) is 0.796. The molecule has 17 heavy (non-hydrogen) atoms. The molecule has 0 unspecified atom stereocenters. The fourth-order valence-electron chi connectivity index (χ4n) is 1.21. The van der Waals surface area contributed by atoms with Gasteiger partial charge in [0.25, 0.3) is 5.22 Å². The molecular weight excluding hydrogens is 242 g/mol. The molecular formula is C10H9N3O3S. The normalized spacial score (nSPS) is 10.4. The number of carbonyl (C=O) groups is 2. The van der Waals surface area contributed by atoms with Crippen molar-refractivity contribution in [3.8, 4) is 0 Å². The van der Waals surface area contributed by atoms with E-state index in [1.54, 1.807) is 6.07 Å². The minimum absolute atomic E-state index is 0.0236. The molecule has 0 aliphatic heterocycles. The molecule has 1 heterocycles. The monoisotopic (exact) mass is 251 g/mol. The van der Waals surface area contributed by atoms with E-state index in [0.717, 1.165) is 17.3 Å². The first-order valence-corrected chi connectivity index (χ1v) is 5.71. The molecule has 3 N–H and O–H groups in total. The van der Waals surface area contributed by atoms with E-state index in [1.165, 1.54) is 0 Å². The summed E-state index contributed by atoms with van der Waals surface area (Å²) in [5, 5.41) is 2.34. The Morgan fingerprint density at radius 3 is 2.88 bits per heavy atom. The van der Waals surface area contributed by atoms with Crippen molar-refractivity contribution in [1.29, 1.82) is 0 Å². The summed E-state index contributed by atoms with van der Waals surface area (Å²) in [6.07, 6.45) is 0. The maximum Gasteiger partial charge on any atom is 0.318 e. The molecule has 0 spiro atoms. The molecule has 2 aromatic rings. The van der Waals surface area contributed by atoms with E-state index in [0.29, 0.717) is 10.8 Å². The van der Waals surface area contributed by atoms with Gasteiger partial charge >= 0.3 is 6.03 Å². The zero-order chi connectivity index (χ0) is 12.3. The lowest BCUT2D eigenvalue weighted by Crippen LogP contribution is -2.36. The Bertz CT molecular complexity index is 534. The standard InChI is InChI=1S/C10H9N3O3S/c11-9(15)13-8(14)5-17-10-12-6-3-1-2-4-7(6)16-10/h1-4H,5H2,(H3,11,13,14,15). The largest absolute Gasteiger partial charge is 0.431 e. The molecule has 0 atom stereocenters. The van der Waals surface area contributed by atoms with E-state index in [2.05, 4.69) is 4.98 Å². The van der Waals surface area contributed by atoms with E-state index in [1.807, 2.05) is 23.5 Å². The summed E-state index contributed by atoms with van der Waals surface area (Å²) in [5.74, 6) is -0.458. The Hall–Kier alpha value is -2.02. The number of nitrogens with two attached hydrogens (primary N) is 1. The summed E-state index contributed by atoms with van der Waals surface area (Å²) in [5.41, 5.74) is 6.19. The summed E-state index contributed by atoms with van der Waals surface area (Å²) < 4.78 is 5.38. The van der Waals surface area contributed by atoms with Gasteiger partial charge in [-0.3, -0.25) is 10.1 Å². The number of fused-ring (bicyclic) bond motifs is 1. The minimum atomic E-state index is -0.867. The molecule has 0 fully saturated rings.